The zero-order chi connectivity index (χ0) is 15.4. The first-order valence-corrected chi connectivity index (χ1v) is 9.77. The molecule has 3 atom stereocenters. The monoisotopic (exact) mass is 326 g/mol. The summed E-state index contributed by atoms with van der Waals surface area (Å²) in [5.41, 5.74) is 0. The summed E-state index contributed by atoms with van der Waals surface area (Å²) in [5, 5.41) is 5.64. The molecule has 1 fully saturated rings. The fourth-order valence-corrected chi connectivity index (χ4v) is 4.32. The summed E-state index contributed by atoms with van der Waals surface area (Å²) >= 11 is 3.63. The minimum atomic E-state index is -0.0359. The molecule has 0 radical (unpaired) electrons. The normalized spacial score (nSPS) is 24.0. The summed E-state index contributed by atoms with van der Waals surface area (Å²) in [6.07, 6.45) is 0.957. The Bertz CT molecular complexity index is 447. The van der Waals surface area contributed by atoms with Gasteiger partial charge in [-0.25, -0.2) is 0 Å². The summed E-state index contributed by atoms with van der Waals surface area (Å²) in [6, 6.07) is 4.41. The van der Waals surface area contributed by atoms with E-state index in [1.54, 1.807) is 11.3 Å². The number of amides is 1. The second kappa shape index (κ2) is 7.65. The fraction of sp³-hybridized carbons (Fsp3) is 0.688. The van der Waals surface area contributed by atoms with Crippen LogP contribution in [0.5, 0.6) is 0 Å². The molecule has 1 aromatic heterocycles. The zero-order valence-electron chi connectivity index (χ0n) is 13.3. The molecular formula is C16H26N2OS2. The van der Waals surface area contributed by atoms with E-state index in [1.165, 1.54) is 4.88 Å². The smallest absolute Gasteiger partial charge is 0.241 e. The van der Waals surface area contributed by atoms with Crippen LogP contribution in [0, 0.1) is 5.92 Å². The van der Waals surface area contributed by atoms with Crippen molar-refractivity contribution in [3.63, 3.8) is 0 Å². The first kappa shape index (κ1) is 16.8. The Labute approximate surface area is 136 Å². The second-order valence-electron chi connectivity index (χ2n) is 6.02. The van der Waals surface area contributed by atoms with Gasteiger partial charge in [-0.3, -0.25) is 10.1 Å². The summed E-state index contributed by atoms with van der Waals surface area (Å²) in [7, 11) is 0. The van der Waals surface area contributed by atoms with Gasteiger partial charge in [-0.2, -0.15) is 11.8 Å². The van der Waals surface area contributed by atoms with E-state index in [-0.39, 0.29) is 24.2 Å². The van der Waals surface area contributed by atoms with Crippen LogP contribution in [0.4, 0.5) is 0 Å². The van der Waals surface area contributed by atoms with Crippen molar-refractivity contribution in [1.82, 2.24) is 10.2 Å². The van der Waals surface area contributed by atoms with Gasteiger partial charge in [0.15, 0.2) is 0 Å². The number of hydrogen-bond donors (Lipinski definition) is 1. The number of carbonyl (C=O) groups is 1. The number of thiophene rings is 1. The van der Waals surface area contributed by atoms with Gasteiger partial charge in [-0.05, 0) is 36.5 Å². The van der Waals surface area contributed by atoms with E-state index < -0.39 is 0 Å². The predicted octanol–water partition coefficient (Wildman–Crippen LogP) is 3.73. The topological polar surface area (TPSA) is 32.3 Å². The van der Waals surface area contributed by atoms with Gasteiger partial charge in [0.25, 0.3) is 0 Å². The quantitative estimate of drug-likeness (QED) is 0.828. The minimum absolute atomic E-state index is 0.0359. The molecule has 3 unspecified atom stereocenters. The maximum atomic E-state index is 12.8. The molecule has 1 amide bonds. The van der Waals surface area contributed by atoms with Gasteiger partial charge in [0.2, 0.25) is 5.91 Å². The van der Waals surface area contributed by atoms with Crippen molar-refractivity contribution in [2.24, 2.45) is 5.92 Å². The molecule has 1 aromatic rings. The Kier molecular flexibility index (Phi) is 6.14. The van der Waals surface area contributed by atoms with Crippen molar-refractivity contribution >= 4 is 29.0 Å². The fourth-order valence-electron chi connectivity index (χ4n) is 2.80. The maximum absolute atomic E-state index is 12.8. The van der Waals surface area contributed by atoms with Crippen molar-refractivity contribution in [3.8, 4) is 0 Å². The Morgan fingerprint density at radius 2 is 2.19 bits per heavy atom. The van der Waals surface area contributed by atoms with Crippen LogP contribution >= 0.6 is 23.1 Å². The number of nitrogens with one attached hydrogen (secondary N) is 1. The highest BCUT2D eigenvalue weighted by molar-refractivity contribution is 7.99. The first-order chi connectivity index (χ1) is 10.0. The van der Waals surface area contributed by atoms with Gasteiger partial charge in [0, 0.05) is 16.7 Å². The predicted molar refractivity (Wildman–Crippen MR) is 92.7 cm³/mol. The van der Waals surface area contributed by atoms with Crippen LogP contribution in [0.3, 0.4) is 0 Å². The van der Waals surface area contributed by atoms with Crippen molar-refractivity contribution in [2.75, 3.05) is 11.5 Å². The molecule has 2 heterocycles. The highest BCUT2D eigenvalue weighted by atomic mass is 32.2. The van der Waals surface area contributed by atoms with E-state index in [2.05, 4.69) is 55.4 Å². The van der Waals surface area contributed by atoms with Gasteiger partial charge in [-0.1, -0.05) is 26.8 Å². The molecular weight excluding hydrogens is 300 g/mol. The second-order valence-corrected chi connectivity index (χ2v) is 8.32. The number of nitrogens with zero attached hydrogens (tertiary/aromatic N) is 1. The molecule has 0 aromatic carbocycles. The highest BCUT2D eigenvalue weighted by Crippen LogP contribution is 2.32. The molecule has 118 valence electrons. The summed E-state index contributed by atoms with van der Waals surface area (Å²) < 4.78 is 0. The lowest BCUT2D eigenvalue weighted by molar-refractivity contribution is -0.131. The Hall–Kier alpha value is -0.520. The third kappa shape index (κ3) is 4.02. The average molecular weight is 327 g/mol. The van der Waals surface area contributed by atoms with Gasteiger partial charge < -0.3 is 4.90 Å². The van der Waals surface area contributed by atoms with E-state index in [1.807, 2.05) is 11.8 Å². The molecule has 1 aliphatic rings. The van der Waals surface area contributed by atoms with E-state index in [0.717, 1.165) is 17.9 Å². The minimum Gasteiger partial charge on any atom is -0.317 e. The number of hydrogen-bond acceptors (Lipinski definition) is 4. The maximum Gasteiger partial charge on any atom is 0.241 e. The summed E-state index contributed by atoms with van der Waals surface area (Å²) in [6.45, 7) is 8.68. The molecule has 3 nitrogen and oxygen atoms in total. The van der Waals surface area contributed by atoms with Crippen molar-refractivity contribution < 1.29 is 4.79 Å². The van der Waals surface area contributed by atoms with Gasteiger partial charge in [0.1, 0.15) is 6.17 Å². The molecule has 1 N–H and O–H groups in total. The van der Waals surface area contributed by atoms with E-state index in [9.17, 15) is 4.79 Å². The van der Waals surface area contributed by atoms with Crippen LogP contribution in [-0.4, -0.2) is 34.4 Å². The molecule has 1 aliphatic heterocycles. The van der Waals surface area contributed by atoms with Crippen LogP contribution in [0.15, 0.2) is 17.5 Å². The van der Waals surface area contributed by atoms with E-state index >= 15 is 0 Å². The van der Waals surface area contributed by atoms with E-state index in [4.69, 9.17) is 0 Å². The summed E-state index contributed by atoms with van der Waals surface area (Å²) in [4.78, 5) is 16.1. The number of rotatable bonds is 7. The van der Waals surface area contributed by atoms with Crippen LogP contribution in [0.25, 0.3) is 0 Å². The molecule has 0 aliphatic carbocycles. The number of thioether (sulfide) groups is 1. The van der Waals surface area contributed by atoms with Crippen molar-refractivity contribution in [1.29, 1.82) is 0 Å². The molecule has 0 bridgehead atoms. The first-order valence-electron chi connectivity index (χ1n) is 7.74. The van der Waals surface area contributed by atoms with Gasteiger partial charge in [-0.15, -0.1) is 11.3 Å². The lowest BCUT2D eigenvalue weighted by Gasteiger charge is -2.29. The molecule has 0 spiro atoms. The Morgan fingerprint density at radius 3 is 2.76 bits per heavy atom. The highest BCUT2D eigenvalue weighted by Gasteiger charge is 2.42. The standard InChI is InChI=1S/C16H26N2OS2/c1-5-20-10-12(4)18-15(14-7-6-8-21-14)17-13(16(18)19)9-11(2)3/h6-8,11-13,15,17H,5,9-10H2,1-4H3. The van der Waals surface area contributed by atoms with Crippen LogP contribution in [0.2, 0.25) is 0 Å². The lowest BCUT2D eigenvalue weighted by atomic mass is 10.0. The largest absolute Gasteiger partial charge is 0.317 e. The summed E-state index contributed by atoms with van der Waals surface area (Å²) in [5.74, 6) is 2.89. The zero-order valence-corrected chi connectivity index (χ0v) is 15.0. The number of carbonyl (C=O) groups excluding carboxylic acids is 1. The lowest BCUT2D eigenvalue weighted by Crippen LogP contribution is -2.39. The molecule has 2 rings (SSSR count). The van der Waals surface area contributed by atoms with Crippen LogP contribution in [0.1, 0.15) is 45.2 Å². The average Bonchev–Trinajstić information content (AvgIpc) is 3.05. The van der Waals surface area contributed by atoms with Crippen molar-refractivity contribution in [3.05, 3.63) is 22.4 Å². The Balaban J connectivity index is 2.17. The van der Waals surface area contributed by atoms with E-state index in [0.29, 0.717) is 5.92 Å². The SMILES string of the molecule is CCSCC(C)N1C(=O)C(CC(C)C)NC1c1cccs1. The third-order valence-corrected chi connectivity index (χ3v) is 5.80. The molecule has 21 heavy (non-hydrogen) atoms. The van der Waals surface area contributed by atoms with Crippen LogP contribution in [-0.2, 0) is 4.79 Å². The molecule has 1 saturated heterocycles. The molecule has 0 saturated carbocycles. The van der Waals surface area contributed by atoms with Crippen molar-refractivity contribution in [2.45, 2.75) is 52.4 Å². The third-order valence-electron chi connectivity index (χ3n) is 3.75. The Morgan fingerprint density at radius 1 is 1.43 bits per heavy atom. The van der Waals surface area contributed by atoms with Gasteiger partial charge in [0.05, 0.1) is 6.04 Å². The van der Waals surface area contributed by atoms with Gasteiger partial charge >= 0.3 is 0 Å². The molecule has 5 heteroatoms. The van der Waals surface area contributed by atoms with Crippen LogP contribution < -0.4 is 5.32 Å².